The van der Waals surface area contributed by atoms with Crippen molar-refractivity contribution in [3.05, 3.63) is 60.3 Å². The molecule has 2 aliphatic heterocycles. The van der Waals surface area contributed by atoms with E-state index in [9.17, 15) is 29.1 Å². The molecule has 2 aromatic heterocycles. The van der Waals surface area contributed by atoms with Gasteiger partial charge in [0.25, 0.3) is 11.8 Å². The van der Waals surface area contributed by atoms with E-state index in [4.69, 9.17) is 9.47 Å². The quantitative estimate of drug-likeness (QED) is 0.310. The lowest BCUT2D eigenvalue weighted by molar-refractivity contribution is -0.138. The Morgan fingerprint density at radius 2 is 1.81 bits per heavy atom. The van der Waals surface area contributed by atoms with Gasteiger partial charge in [-0.05, 0) is 44.4 Å². The van der Waals surface area contributed by atoms with Gasteiger partial charge >= 0.3 is 12.1 Å². The number of hydrogen-bond acceptors (Lipinski definition) is 10. The number of para-hydroxylation sites is 1. The van der Waals surface area contributed by atoms with Gasteiger partial charge in [-0.1, -0.05) is 12.1 Å². The molecular formula is C32H37N7O8. The van der Waals surface area contributed by atoms with Gasteiger partial charge in [-0.25, -0.2) is 19.7 Å². The number of carboxylic acid groups (broad SMARTS) is 1. The van der Waals surface area contributed by atoms with Gasteiger partial charge in [0.1, 0.15) is 23.8 Å². The van der Waals surface area contributed by atoms with Gasteiger partial charge in [-0.15, -0.1) is 0 Å². The summed E-state index contributed by atoms with van der Waals surface area (Å²) in [5.74, 6) is -2.26. The Kier molecular flexibility index (Phi) is 10.8. The maximum absolute atomic E-state index is 13.5. The van der Waals surface area contributed by atoms with Crippen molar-refractivity contribution in [1.82, 2.24) is 35.0 Å². The monoisotopic (exact) mass is 647 g/mol. The van der Waals surface area contributed by atoms with Gasteiger partial charge in [0.15, 0.2) is 6.61 Å². The van der Waals surface area contributed by atoms with Gasteiger partial charge in [0.05, 0.1) is 23.9 Å². The first-order valence-electron chi connectivity index (χ1n) is 15.6. The van der Waals surface area contributed by atoms with E-state index in [1.54, 1.807) is 48.4 Å². The van der Waals surface area contributed by atoms with Crippen LogP contribution in [0.5, 0.6) is 5.75 Å². The summed E-state index contributed by atoms with van der Waals surface area (Å²) in [7, 11) is 0. The van der Waals surface area contributed by atoms with Crippen LogP contribution in [-0.2, 0) is 19.1 Å². The number of carbonyl (C=O) groups excluding carboxylic acids is 4. The summed E-state index contributed by atoms with van der Waals surface area (Å²) in [6.07, 6.45) is 3.72. The molecule has 15 heteroatoms. The Morgan fingerprint density at radius 3 is 2.53 bits per heavy atom. The predicted octanol–water partition coefficient (Wildman–Crippen LogP) is 2.03. The molecule has 4 amide bonds. The van der Waals surface area contributed by atoms with Crippen LogP contribution in [0.25, 0.3) is 10.9 Å². The van der Waals surface area contributed by atoms with Crippen LogP contribution in [0.15, 0.2) is 48.9 Å². The average Bonchev–Trinajstić information content (AvgIpc) is 3.59. The SMILES string of the molecule is CCOC(=O)N1CCN(C(=O)C(CCC(=O)O)NC(=O)c2cc(OCC(=O)N3CCCC3c3ccncn3)c3ccccc3n2)CC1. The molecular weight excluding hydrogens is 610 g/mol. The number of nitrogens with one attached hydrogen (secondary N) is 1. The number of hydrogen-bond donors (Lipinski definition) is 2. The van der Waals surface area contributed by atoms with Crippen LogP contribution in [0.3, 0.4) is 0 Å². The number of rotatable bonds is 11. The minimum atomic E-state index is -1.15. The molecule has 1 aromatic carbocycles. The third-order valence-electron chi connectivity index (χ3n) is 8.15. The summed E-state index contributed by atoms with van der Waals surface area (Å²) in [5, 5.41) is 12.6. The second-order valence-corrected chi connectivity index (χ2v) is 11.2. The standard InChI is InChI=1S/C32H37N7O8/c1-2-46-32(45)38-16-14-37(15-17-38)31(44)24(9-10-29(41)42)36-30(43)25-18-27(21-6-3-4-7-22(21)35-25)47-19-28(40)39-13-5-8-26(39)23-11-12-33-20-34-23/h3-4,6-7,11-12,18,20,24,26H,2,5,8-10,13-17,19H2,1H3,(H,36,43)(H,41,42). The molecule has 47 heavy (non-hydrogen) atoms. The zero-order valence-corrected chi connectivity index (χ0v) is 26.0. The zero-order chi connectivity index (χ0) is 33.3. The van der Waals surface area contributed by atoms with Crippen molar-refractivity contribution in [3.63, 3.8) is 0 Å². The van der Waals surface area contributed by atoms with Crippen LogP contribution < -0.4 is 10.1 Å². The summed E-state index contributed by atoms with van der Waals surface area (Å²) in [4.78, 5) is 81.2. The molecule has 5 rings (SSSR count). The third kappa shape index (κ3) is 8.09. The number of amides is 4. The van der Waals surface area contributed by atoms with E-state index in [1.807, 2.05) is 0 Å². The fourth-order valence-electron chi connectivity index (χ4n) is 5.77. The van der Waals surface area contributed by atoms with Crippen molar-refractivity contribution in [2.45, 2.75) is 44.7 Å². The van der Waals surface area contributed by atoms with Crippen LogP contribution in [-0.4, -0.2) is 117 Å². The highest BCUT2D eigenvalue weighted by molar-refractivity contribution is 5.99. The van der Waals surface area contributed by atoms with E-state index in [1.165, 1.54) is 22.2 Å². The van der Waals surface area contributed by atoms with Crippen LogP contribution >= 0.6 is 0 Å². The molecule has 0 spiro atoms. The Morgan fingerprint density at radius 1 is 1.04 bits per heavy atom. The smallest absolute Gasteiger partial charge is 0.409 e. The Bertz CT molecular complexity index is 1610. The van der Waals surface area contributed by atoms with Crippen LogP contribution in [0.2, 0.25) is 0 Å². The predicted molar refractivity (Wildman–Crippen MR) is 166 cm³/mol. The van der Waals surface area contributed by atoms with Crippen molar-refractivity contribution in [1.29, 1.82) is 0 Å². The van der Waals surface area contributed by atoms with E-state index < -0.39 is 29.9 Å². The Hall–Kier alpha value is -5.34. The van der Waals surface area contributed by atoms with Crippen LogP contribution in [0.1, 0.15) is 54.8 Å². The molecule has 0 bridgehead atoms. The van der Waals surface area contributed by atoms with Gasteiger partial charge in [-0.2, -0.15) is 0 Å². The second-order valence-electron chi connectivity index (χ2n) is 11.2. The molecule has 2 fully saturated rings. The van der Waals surface area contributed by atoms with E-state index in [0.717, 1.165) is 18.5 Å². The van der Waals surface area contributed by atoms with E-state index in [-0.39, 0.29) is 75.6 Å². The molecule has 2 aliphatic rings. The molecule has 2 atom stereocenters. The number of aliphatic carboxylic acids is 1. The summed E-state index contributed by atoms with van der Waals surface area (Å²) < 4.78 is 11.0. The number of fused-ring (bicyclic) bond motifs is 1. The summed E-state index contributed by atoms with van der Waals surface area (Å²) in [6.45, 7) is 3.10. The third-order valence-corrected chi connectivity index (χ3v) is 8.15. The highest BCUT2D eigenvalue weighted by Gasteiger charge is 2.33. The van der Waals surface area contributed by atoms with Crippen LogP contribution in [0.4, 0.5) is 4.79 Å². The Balaban J connectivity index is 1.30. The van der Waals surface area contributed by atoms with Gasteiger partial charge < -0.3 is 34.6 Å². The minimum Gasteiger partial charge on any atom is -0.483 e. The highest BCUT2D eigenvalue weighted by atomic mass is 16.6. The first kappa shape index (κ1) is 33.0. The van der Waals surface area contributed by atoms with Gasteiger partial charge in [0.2, 0.25) is 5.91 Å². The number of piperazine rings is 1. The lowest BCUT2D eigenvalue weighted by atomic mass is 10.1. The molecule has 0 radical (unpaired) electrons. The number of pyridine rings is 1. The van der Waals surface area contributed by atoms with E-state index in [0.29, 0.717) is 17.4 Å². The molecule has 3 aromatic rings. The molecule has 2 unspecified atom stereocenters. The maximum Gasteiger partial charge on any atom is 0.409 e. The second kappa shape index (κ2) is 15.3. The fraction of sp³-hybridized carbons (Fsp3) is 0.438. The van der Waals surface area contributed by atoms with E-state index >= 15 is 0 Å². The number of benzene rings is 1. The van der Waals surface area contributed by atoms with Crippen LogP contribution in [0, 0.1) is 0 Å². The number of nitrogens with zero attached hydrogens (tertiary/aromatic N) is 6. The molecule has 15 nitrogen and oxygen atoms in total. The highest BCUT2D eigenvalue weighted by Crippen LogP contribution is 2.31. The first-order valence-corrected chi connectivity index (χ1v) is 15.6. The topological polar surface area (TPSA) is 184 Å². The summed E-state index contributed by atoms with van der Waals surface area (Å²) in [6, 6.07) is 8.86. The van der Waals surface area contributed by atoms with Crippen molar-refractivity contribution in [2.75, 3.05) is 45.9 Å². The van der Waals surface area contributed by atoms with Crippen molar-refractivity contribution < 1.29 is 38.6 Å². The normalized spacial score (nSPS) is 16.9. The summed E-state index contributed by atoms with van der Waals surface area (Å²) in [5.41, 5.74) is 1.13. The largest absolute Gasteiger partial charge is 0.483 e. The Labute approximate surface area is 270 Å². The zero-order valence-electron chi connectivity index (χ0n) is 26.0. The number of carbonyl (C=O) groups is 5. The first-order chi connectivity index (χ1) is 22.7. The lowest BCUT2D eigenvalue weighted by Gasteiger charge is -2.35. The van der Waals surface area contributed by atoms with E-state index in [2.05, 4.69) is 20.3 Å². The number of ether oxygens (including phenoxy) is 2. The molecule has 0 saturated carbocycles. The van der Waals surface area contributed by atoms with Crippen molar-refractivity contribution in [3.8, 4) is 5.75 Å². The lowest BCUT2D eigenvalue weighted by Crippen LogP contribution is -2.56. The maximum atomic E-state index is 13.5. The van der Waals surface area contributed by atoms with Gasteiger partial charge in [0, 0.05) is 56.8 Å². The van der Waals surface area contributed by atoms with Crippen molar-refractivity contribution in [2.24, 2.45) is 0 Å². The number of likely N-dealkylation sites (tertiary alicyclic amines) is 1. The minimum absolute atomic E-state index is 0.0635. The number of carboxylic acids is 1. The molecule has 4 heterocycles. The molecule has 248 valence electrons. The van der Waals surface area contributed by atoms with Gasteiger partial charge in [-0.3, -0.25) is 19.2 Å². The summed E-state index contributed by atoms with van der Waals surface area (Å²) >= 11 is 0. The average molecular weight is 648 g/mol. The van der Waals surface area contributed by atoms with Crippen molar-refractivity contribution >= 4 is 40.7 Å². The number of aromatic nitrogens is 3. The molecule has 0 aliphatic carbocycles. The fourth-order valence-corrected chi connectivity index (χ4v) is 5.77. The molecule has 2 saturated heterocycles. The molecule has 2 N–H and O–H groups in total.